The zero-order valence-corrected chi connectivity index (χ0v) is 9.80. The van der Waals surface area contributed by atoms with Crippen molar-refractivity contribution in [2.75, 3.05) is 6.54 Å². The number of carbonyl (C=O) groups excluding carboxylic acids is 1. The maximum Gasteiger partial charge on any atom is 0.408 e. The van der Waals surface area contributed by atoms with E-state index < -0.39 is 11.6 Å². The molecule has 0 unspecified atom stereocenters. The Morgan fingerprint density at radius 2 is 2.17 bits per heavy atom. The van der Waals surface area contributed by atoms with E-state index in [1.54, 1.807) is 0 Å². The lowest BCUT2D eigenvalue weighted by Gasteiger charge is -2.47. The van der Waals surface area contributed by atoms with Crippen LogP contribution >= 0.6 is 0 Å². The Morgan fingerprint density at radius 1 is 1.44 bits per heavy atom. The Kier molecular flexibility index (Phi) is 2.29. The number of hydrogen-bond donors (Lipinski definition) is 2. The smallest absolute Gasteiger partial charge is 0.408 e. The second-order valence-electron chi connectivity index (χ2n) is 4.84. The van der Waals surface area contributed by atoms with E-state index in [0.717, 1.165) is 5.56 Å². The van der Waals surface area contributed by atoms with Crippen molar-refractivity contribution in [3.05, 3.63) is 35.9 Å². The fourth-order valence-electron chi connectivity index (χ4n) is 3.03. The summed E-state index contributed by atoms with van der Waals surface area (Å²) < 4.78 is 0. The van der Waals surface area contributed by atoms with Crippen LogP contribution in [0.1, 0.15) is 12.0 Å². The van der Waals surface area contributed by atoms with Crippen LogP contribution in [0.2, 0.25) is 0 Å². The average Bonchev–Trinajstić information content (AvgIpc) is 2.65. The third-order valence-electron chi connectivity index (χ3n) is 3.95. The van der Waals surface area contributed by atoms with Gasteiger partial charge in [0.2, 0.25) is 5.91 Å². The van der Waals surface area contributed by atoms with E-state index in [0.29, 0.717) is 19.4 Å². The first-order valence-electron chi connectivity index (χ1n) is 6.00. The Bertz CT molecular complexity index is 502. The minimum Gasteiger partial charge on any atom is -0.465 e. The molecule has 0 aromatic heterocycles. The highest BCUT2D eigenvalue weighted by Gasteiger charge is 2.63. The Morgan fingerprint density at radius 3 is 2.78 bits per heavy atom. The van der Waals surface area contributed by atoms with Crippen LogP contribution in [0.15, 0.2) is 30.3 Å². The summed E-state index contributed by atoms with van der Waals surface area (Å²) in [4.78, 5) is 24.5. The molecule has 0 spiro atoms. The topological polar surface area (TPSA) is 69.6 Å². The van der Waals surface area contributed by atoms with Gasteiger partial charge >= 0.3 is 6.09 Å². The molecular weight excluding hydrogens is 232 g/mol. The lowest BCUT2D eigenvalue weighted by Crippen LogP contribution is -2.76. The zero-order chi connectivity index (χ0) is 12.8. The lowest BCUT2D eigenvalue weighted by atomic mass is 9.77. The Labute approximate surface area is 104 Å². The molecule has 94 valence electrons. The van der Waals surface area contributed by atoms with Crippen molar-refractivity contribution in [2.24, 2.45) is 0 Å². The largest absolute Gasteiger partial charge is 0.465 e. The van der Waals surface area contributed by atoms with Gasteiger partial charge in [-0.2, -0.15) is 0 Å². The second kappa shape index (κ2) is 3.73. The minimum atomic E-state index is -1.01. The lowest BCUT2D eigenvalue weighted by molar-refractivity contribution is -0.143. The highest BCUT2D eigenvalue weighted by molar-refractivity contribution is 5.98. The highest BCUT2D eigenvalue weighted by Crippen LogP contribution is 2.39. The molecule has 5 nitrogen and oxygen atoms in total. The van der Waals surface area contributed by atoms with E-state index in [-0.39, 0.29) is 11.9 Å². The summed E-state index contributed by atoms with van der Waals surface area (Å²) in [5.41, 5.74) is 0.109. The van der Waals surface area contributed by atoms with Gasteiger partial charge in [-0.3, -0.25) is 9.69 Å². The number of benzene rings is 1. The molecule has 1 aromatic rings. The summed E-state index contributed by atoms with van der Waals surface area (Å²) in [5, 5.41) is 12.0. The predicted octanol–water partition coefficient (Wildman–Crippen LogP) is 0.850. The molecule has 2 aliphatic rings. The number of fused-ring (bicyclic) bond motifs is 1. The van der Waals surface area contributed by atoms with Crippen LogP contribution in [0, 0.1) is 0 Å². The van der Waals surface area contributed by atoms with Gasteiger partial charge in [-0.15, -0.1) is 0 Å². The number of hydrogen-bond acceptors (Lipinski definition) is 2. The van der Waals surface area contributed by atoms with E-state index in [4.69, 9.17) is 0 Å². The highest BCUT2D eigenvalue weighted by atomic mass is 16.4. The monoisotopic (exact) mass is 246 g/mol. The van der Waals surface area contributed by atoms with Crippen molar-refractivity contribution in [3.8, 4) is 0 Å². The molecule has 0 aliphatic carbocycles. The third-order valence-corrected chi connectivity index (χ3v) is 3.95. The van der Waals surface area contributed by atoms with Crippen LogP contribution in [0.25, 0.3) is 0 Å². The summed E-state index contributed by atoms with van der Waals surface area (Å²) in [6.07, 6.45) is 0.143. The number of nitrogens with one attached hydrogen (secondary N) is 1. The second-order valence-corrected chi connectivity index (χ2v) is 4.84. The van der Waals surface area contributed by atoms with E-state index in [2.05, 4.69) is 5.32 Å². The number of rotatable bonds is 2. The number of carboxylic acid groups (broad SMARTS) is 1. The number of carbonyl (C=O) groups is 2. The number of nitrogens with zero attached hydrogens (tertiary/aromatic N) is 1. The molecule has 18 heavy (non-hydrogen) atoms. The molecule has 5 heteroatoms. The van der Waals surface area contributed by atoms with Gasteiger partial charge in [0.05, 0.1) is 6.04 Å². The molecule has 2 amide bonds. The van der Waals surface area contributed by atoms with Gasteiger partial charge in [0.1, 0.15) is 5.54 Å². The molecule has 2 saturated heterocycles. The first-order valence-corrected chi connectivity index (χ1v) is 6.00. The van der Waals surface area contributed by atoms with E-state index >= 15 is 0 Å². The fourth-order valence-corrected chi connectivity index (χ4v) is 3.03. The van der Waals surface area contributed by atoms with Gasteiger partial charge in [-0.05, 0) is 12.0 Å². The molecule has 0 radical (unpaired) electrons. The summed E-state index contributed by atoms with van der Waals surface area (Å²) in [7, 11) is 0. The third kappa shape index (κ3) is 1.33. The molecule has 3 rings (SSSR count). The Hall–Kier alpha value is -2.04. The van der Waals surface area contributed by atoms with Crippen LogP contribution in [0.4, 0.5) is 4.79 Å². The van der Waals surface area contributed by atoms with Crippen molar-refractivity contribution >= 4 is 12.0 Å². The molecular formula is C13H14N2O3. The maximum absolute atomic E-state index is 11.9. The van der Waals surface area contributed by atoms with Gasteiger partial charge in [0, 0.05) is 13.0 Å². The molecule has 2 atom stereocenters. The number of amides is 2. The molecule has 1 aromatic carbocycles. The van der Waals surface area contributed by atoms with Gasteiger partial charge in [0.25, 0.3) is 0 Å². The molecule has 2 heterocycles. The standard InChI is InChI=1S/C13H14N2O3/c16-11-13(8-9-4-2-1-3-5-9)10(14-11)6-7-15(13)12(17)18/h1-5,10H,6-8H2,(H,14,16)(H,17,18)/t10-,13+/m1/s1. The fraction of sp³-hybridized carbons (Fsp3) is 0.385. The van der Waals surface area contributed by atoms with Crippen molar-refractivity contribution < 1.29 is 14.7 Å². The first-order chi connectivity index (χ1) is 8.64. The number of likely N-dealkylation sites (tertiary alicyclic amines) is 1. The summed E-state index contributed by atoms with van der Waals surface area (Å²) >= 11 is 0. The zero-order valence-electron chi connectivity index (χ0n) is 9.80. The summed E-state index contributed by atoms with van der Waals surface area (Å²) in [5.74, 6) is -0.170. The van der Waals surface area contributed by atoms with Crippen molar-refractivity contribution in [2.45, 2.75) is 24.4 Å². The summed E-state index contributed by atoms with van der Waals surface area (Å²) in [6, 6.07) is 9.52. The van der Waals surface area contributed by atoms with Crippen LogP contribution in [-0.4, -0.2) is 40.1 Å². The average molecular weight is 246 g/mol. The van der Waals surface area contributed by atoms with Crippen LogP contribution < -0.4 is 5.32 Å². The minimum absolute atomic E-state index is 0.0405. The van der Waals surface area contributed by atoms with Crippen LogP contribution in [0.3, 0.4) is 0 Å². The van der Waals surface area contributed by atoms with Crippen molar-refractivity contribution in [1.82, 2.24) is 10.2 Å². The SMILES string of the molecule is O=C(O)N1CC[C@H]2NC(=O)[C@]21Cc1ccccc1. The van der Waals surface area contributed by atoms with Gasteiger partial charge in [0.15, 0.2) is 0 Å². The summed E-state index contributed by atoms with van der Waals surface area (Å²) in [6.45, 7) is 0.422. The van der Waals surface area contributed by atoms with Gasteiger partial charge < -0.3 is 10.4 Å². The first kappa shape index (κ1) is 11.1. The van der Waals surface area contributed by atoms with E-state index in [1.165, 1.54) is 4.90 Å². The van der Waals surface area contributed by atoms with Crippen molar-refractivity contribution in [3.63, 3.8) is 0 Å². The van der Waals surface area contributed by atoms with Gasteiger partial charge in [-0.25, -0.2) is 4.79 Å². The molecule has 2 N–H and O–H groups in total. The Balaban J connectivity index is 1.94. The van der Waals surface area contributed by atoms with Gasteiger partial charge in [-0.1, -0.05) is 30.3 Å². The van der Waals surface area contributed by atoms with E-state index in [1.807, 2.05) is 30.3 Å². The van der Waals surface area contributed by atoms with Crippen LogP contribution in [-0.2, 0) is 11.2 Å². The molecule has 2 fully saturated rings. The predicted molar refractivity (Wildman–Crippen MR) is 64.2 cm³/mol. The van der Waals surface area contributed by atoms with E-state index in [9.17, 15) is 14.7 Å². The maximum atomic E-state index is 11.9. The molecule has 0 saturated carbocycles. The number of β-lactam (4-membered cyclic amide) rings is 1. The van der Waals surface area contributed by atoms with Crippen molar-refractivity contribution in [1.29, 1.82) is 0 Å². The normalized spacial score (nSPS) is 29.4. The molecule has 0 bridgehead atoms. The van der Waals surface area contributed by atoms with Crippen LogP contribution in [0.5, 0.6) is 0 Å². The molecule has 2 aliphatic heterocycles. The quantitative estimate of drug-likeness (QED) is 0.760.